The second kappa shape index (κ2) is 5.68. The van der Waals surface area contributed by atoms with Gasteiger partial charge in [0.15, 0.2) is 0 Å². The summed E-state index contributed by atoms with van der Waals surface area (Å²) in [4.78, 5) is 12.7. The molecule has 1 heterocycles. The molecule has 1 aromatic rings. The van der Waals surface area contributed by atoms with Gasteiger partial charge in [0.1, 0.15) is 0 Å². The number of nitrogens with one attached hydrogen (secondary N) is 1. The number of urea groups is 1. The Labute approximate surface area is 102 Å². The lowest BCUT2D eigenvalue weighted by atomic mass is 10.0. The van der Waals surface area contributed by atoms with E-state index in [1.165, 1.54) is 5.56 Å². The van der Waals surface area contributed by atoms with Crippen molar-refractivity contribution in [3.63, 3.8) is 0 Å². The van der Waals surface area contributed by atoms with Gasteiger partial charge in [-0.3, -0.25) is 0 Å². The van der Waals surface area contributed by atoms with Gasteiger partial charge in [-0.1, -0.05) is 30.3 Å². The number of nitrogens with two attached hydrogens (primary N) is 1. The molecule has 1 aliphatic heterocycles. The number of piperidine rings is 1. The number of primary amides is 1. The van der Waals surface area contributed by atoms with Gasteiger partial charge in [-0.2, -0.15) is 0 Å². The van der Waals surface area contributed by atoms with Crippen molar-refractivity contribution in [2.24, 2.45) is 5.73 Å². The lowest BCUT2D eigenvalue weighted by molar-refractivity contribution is 0.185. The maximum absolute atomic E-state index is 11.0. The molecule has 0 aliphatic carbocycles. The zero-order valence-corrected chi connectivity index (χ0v) is 9.93. The number of benzene rings is 1. The third-order valence-electron chi connectivity index (χ3n) is 3.24. The first-order valence-corrected chi connectivity index (χ1v) is 6.07. The molecule has 0 aromatic heterocycles. The Morgan fingerprint density at radius 3 is 2.53 bits per heavy atom. The molecule has 1 saturated heterocycles. The lowest BCUT2D eigenvalue weighted by Crippen LogP contribution is -2.46. The number of hydrogen-bond acceptors (Lipinski definition) is 2. The molecule has 1 aromatic carbocycles. The summed E-state index contributed by atoms with van der Waals surface area (Å²) in [5, 5.41) is 3.52. The molecular weight excluding hydrogens is 214 g/mol. The molecule has 0 atom stereocenters. The quantitative estimate of drug-likeness (QED) is 0.827. The molecule has 1 aliphatic rings. The summed E-state index contributed by atoms with van der Waals surface area (Å²) in [5.41, 5.74) is 6.54. The number of carbonyl (C=O) groups excluding carboxylic acids is 1. The Hall–Kier alpha value is -1.55. The number of rotatable bonds is 3. The summed E-state index contributed by atoms with van der Waals surface area (Å²) in [6.45, 7) is 2.42. The Morgan fingerprint density at radius 2 is 1.94 bits per heavy atom. The van der Waals surface area contributed by atoms with E-state index in [0.29, 0.717) is 6.04 Å². The fourth-order valence-corrected chi connectivity index (χ4v) is 2.16. The van der Waals surface area contributed by atoms with Gasteiger partial charge in [0, 0.05) is 25.7 Å². The maximum Gasteiger partial charge on any atom is 0.314 e. The van der Waals surface area contributed by atoms with E-state index in [2.05, 4.69) is 17.4 Å². The van der Waals surface area contributed by atoms with Crippen molar-refractivity contribution in [3.8, 4) is 0 Å². The predicted molar refractivity (Wildman–Crippen MR) is 67.5 cm³/mol. The number of hydrogen-bond donors (Lipinski definition) is 2. The fraction of sp³-hybridized carbons (Fsp3) is 0.462. The van der Waals surface area contributed by atoms with Crippen LogP contribution in [0, 0.1) is 0 Å². The average molecular weight is 233 g/mol. The van der Waals surface area contributed by atoms with Crippen LogP contribution in [0.3, 0.4) is 0 Å². The second-order valence-corrected chi connectivity index (χ2v) is 4.47. The molecule has 2 rings (SSSR count). The highest BCUT2D eigenvalue weighted by atomic mass is 16.2. The molecule has 4 heteroatoms. The smallest absolute Gasteiger partial charge is 0.314 e. The van der Waals surface area contributed by atoms with E-state index in [1.54, 1.807) is 4.90 Å². The summed E-state index contributed by atoms with van der Waals surface area (Å²) in [6.07, 6.45) is 1.96. The Bertz CT molecular complexity index is 358. The molecule has 0 bridgehead atoms. The van der Waals surface area contributed by atoms with Crippen LogP contribution >= 0.6 is 0 Å². The first-order valence-electron chi connectivity index (χ1n) is 6.07. The largest absolute Gasteiger partial charge is 0.351 e. The summed E-state index contributed by atoms with van der Waals surface area (Å²) >= 11 is 0. The zero-order chi connectivity index (χ0) is 12.1. The summed E-state index contributed by atoms with van der Waals surface area (Å²) in [7, 11) is 0. The fourth-order valence-electron chi connectivity index (χ4n) is 2.16. The lowest BCUT2D eigenvalue weighted by Gasteiger charge is -2.31. The molecule has 0 radical (unpaired) electrons. The standard InChI is InChI=1S/C13H19N3O/c14-13(17)16-8-6-12(7-9-16)15-10-11-4-2-1-3-5-11/h1-5,12,15H,6-10H2,(H2,14,17). The first-order chi connectivity index (χ1) is 8.25. The zero-order valence-electron chi connectivity index (χ0n) is 9.93. The minimum absolute atomic E-state index is 0.300. The van der Waals surface area contributed by atoms with Gasteiger partial charge in [0.2, 0.25) is 0 Å². The van der Waals surface area contributed by atoms with Crippen LogP contribution in [0.25, 0.3) is 0 Å². The molecule has 0 unspecified atom stereocenters. The van der Waals surface area contributed by atoms with Gasteiger partial charge in [-0.15, -0.1) is 0 Å². The van der Waals surface area contributed by atoms with Gasteiger partial charge in [0.05, 0.1) is 0 Å². The van der Waals surface area contributed by atoms with Crippen LogP contribution in [0.15, 0.2) is 30.3 Å². The second-order valence-electron chi connectivity index (χ2n) is 4.47. The Kier molecular flexibility index (Phi) is 3.98. The highest BCUT2D eigenvalue weighted by molar-refractivity contribution is 5.72. The molecule has 2 amide bonds. The van der Waals surface area contributed by atoms with E-state index in [4.69, 9.17) is 5.73 Å². The molecule has 17 heavy (non-hydrogen) atoms. The monoisotopic (exact) mass is 233 g/mol. The van der Waals surface area contributed by atoms with Crippen LogP contribution in [0.1, 0.15) is 18.4 Å². The predicted octanol–water partition coefficient (Wildman–Crippen LogP) is 1.32. The van der Waals surface area contributed by atoms with Crippen LogP contribution in [0.2, 0.25) is 0 Å². The molecule has 4 nitrogen and oxygen atoms in total. The van der Waals surface area contributed by atoms with Gasteiger partial charge < -0.3 is 16.0 Å². The van der Waals surface area contributed by atoms with Crippen molar-refractivity contribution in [1.82, 2.24) is 10.2 Å². The molecule has 0 spiro atoms. The average Bonchev–Trinajstić information content (AvgIpc) is 2.38. The number of amides is 2. The highest BCUT2D eigenvalue weighted by Gasteiger charge is 2.20. The van der Waals surface area contributed by atoms with E-state index in [0.717, 1.165) is 32.5 Å². The molecule has 0 saturated carbocycles. The van der Waals surface area contributed by atoms with Crippen molar-refractivity contribution in [2.45, 2.75) is 25.4 Å². The van der Waals surface area contributed by atoms with E-state index in [1.807, 2.05) is 18.2 Å². The Balaban J connectivity index is 1.74. The minimum atomic E-state index is -0.300. The van der Waals surface area contributed by atoms with Crippen LogP contribution < -0.4 is 11.1 Å². The third-order valence-corrected chi connectivity index (χ3v) is 3.24. The third kappa shape index (κ3) is 3.46. The highest BCUT2D eigenvalue weighted by Crippen LogP contribution is 2.10. The van der Waals surface area contributed by atoms with Crippen molar-refractivity contribution in [1.29, 1.82) is 0 Å². The molecular formula is C13H19N3O. The number of carbonyl (C=O) groups is 1. The minimum Gasteiger partial charge on any atom is -0.351 e. The SMILES string of the molecule is NC(=O)N1CCC(NCc2ccccc2)CC1. The molecule has 3 N–H and O–H groups in total. The summed E-state index contributed by atoms with van der Waals surface area (Å²) < 4.78 is 0. The van der Waals surface area contributed by atoms with Crippen LogP contribution in [0.5, 0.6) is 0 Å². The maximum atomic E-state index is 11.0. The van der Waals surface area contributed by atoms with Gasteiger partial charge in [0.25, 0.3) is 0 Å². The van der Waals surface area contributed by atoms with E-state index < -0.39 is 0 Å². The summed E-state index contributed by atoms with van der Waals surface area (Å²) in [5.74, 6) is 0. The van der Waals surface area contributed by atoms with E-state index >= 15 is 0 Å². The topological polar surface area (TPSA) is 58.4 Å². The van der Waals surface area contributed by atoms with E-state index in [-0.39, 0.29) is 6.03 Å². The first kappa shape index (κ1) is 11.9. The molecule has 92 valence electrons. The van der Waals surface area contributed by atoms with E-state index in [9.17, 15) is 4.79 Å². The number of nitrogens with zero attached hydrogens (tertiary/aromatic N) is 1. The van der Waals surface area contributed by atoms with Gasteiger partial charge in [-0.25, -0.2) is 4.79 Å². The Morgan fingerprint density at radius 1 is 1.29 bits per heavy atom. The van der Waals surface area contributed by atoms with Crippen molar-refractivity contribution in [3.05, 3.63) is 35.9 Å². The molecule has 1 fully saturated rings. The van der Waals surface area contributed by atoms with Gasteiger partial charge in [-0.05, 0) is 18.4 Å². The normalized spacial score (nSPS) is 17.1. The van der Waals surface area contributed by atoms with Gasteiger partial charge >= 0.3 is 6.03 Å². The van der Waals surface area contributed by atoms with Crippen molar-refractivity contribution in [2.75, 3.05) is 13.1 Å². The van der Waals surface area contributed by atoms with Crippen LogP contribution in [0.4, 0.5) is 4.79 Å². The van der Waals surface area contributed by atoms with Crippen molar-refractivity contribution < 1.29 is 4.79 Å². The number of likely N-dealkylation sites (tertiary alicyclic amines) is 1. The van der Waals surface area contributed by atoms with Crippen LogP contribution in [-0.4, -0.2) is 30.1 Å². The van der Waals surface area contributed by atoms with Crippen LogP contribution in [-0.2, 0) is 6.54 Å². The van der Waals surface area contributed by atoms with Crippen molar-refractivity contribution >= 4 is 6.03 Å². The summed E-state index contributed by atoms with van der Waals surface area (Å²) in [6, 6.07) is 10.5.